The maximum absolute atomic E-state index is 13.4. The van der Waals surface area contributed by atoms with Crippen LogP contribution in [0, 0.1) is 25.6 Å². The number of nitrogens with one attached hydrogen (secondary N) is 3. The van der Waals surface area contributed by atoms with Crippen LogP contribution >= 0.6 is 0 Å². The minimum atomic E-state index is -5.08. The molecule has 0 saturated heterocycles. The van der Waals surface area contributed by atoms with Gasteiger partial charge in [-0.1, -0.05) is 55.8 Å². The van der Waals surface area contributed by atoms with Gasteiger partial charge in [-0.3, -0.25) is 4.79 Å². The Morgan fingerprint density at radius 3 is 2.15 bits per heavy atom. The molecule has 3 aromatic rings. The second-order valence-corrected chi connectivity index (χ2v) is 9.54. The number of alkyl halides is 3. The fraction of sp³-hybridized carbons (Fsp3) is 0.357. The third-order valence-electron chi connectivity index (χ3n) is 5.33. The van der Waals surface area contributed by atoms with Crippen molar-refractivity contribution in [3.05, 3.63) is 82.8 Å². The van der Waals surface area contributed by atoms with Crippen LogP contribution in [0.1, 0.15) is 42.7 Å². The molecule has 0 unspecified atom stereocenters. The Morgan fingerprint density at radius 2 is 1.57 bits per heavy atom. The average Bonchev–Trinajstić information content (AvgIpc) is 2.85. The molecule has 1 heterocycles. The Morgan fingerprint density at radius 1 is 0.950 bits per heavy atom. The number of hydrogen-bond donors (Lipinski definition) is 4. The molecule has 1 amide bonds. The molecule has 2 aromatic carbocycles. The molecule has 0 fully saturated rings. The summed E-state index contributed by atoms with van der Waals surface area (Å²) in [5, 5.41) is 16.6. The van der Waals surface area contributed by atoms with Gasteiger partial charge in [-0.2, -0.15) is 18.2 Å². The summed E-state index contributed by atoms with van der Waals surface area (Å²) in [7, 11) is 0. The zero-order valence-electron chi connectivity index (χ0n) is 22.6. The van der Waals surface area contributed by atoms with Gasteiger partial charge < -0.3 is 21.1 Å². The Labute approximate surface area is 230 Å². The zero-order valence-corrected chi connectivity index (χ0v) is 22.6. The number of carboxylic acid groups (broad SMARTS) is 1. The van der Waals surface area contributed by atoms with Crippen molar-refractivity contribution in [1.29, 1.82) is 0 Å². The van der Waals surface area contributed by atoms with Gasteiger partial charge in [0, 0.05) is 24.8 Å². The SMILES string of the molecule is Cc1cccc(CNc2nc(C)cc(N[C@@H](CC(C)C)C(=O)NCc3cccc(F)c3)n2)c1.O=C(O)C(F)(F)F. The first-order valence-electron chi connectivity index (χ1n) is 12.5. The summed E-state index contributed by atoms with van der Waals surface area (Å²) in [6, 6.07) is 15.8. The number of anilines is 2. The summed E-state index contributed by atoms with van der Waals surface area (Å²) in [5.74, 6) is -1.85. The minimum absolute atomic E-state index is 0.154. The number of aliphatic carboxylic acids is 1. The van der Waals surface area contributed by atoms with E-state index < -0.39 is 18.2 Å². The van der Waals surface area contributed by atoms with Crippen molar-refractivity contribution in [3.8, 4) is 0 Å². The lowest BCUT2D eigenvalue weighted by molar-refractivity contribution is -0.192. The van der Waals surface area contributed by atoms with Crippen LogP contribution in [0.5, 0.6) is 0 Å². The second-order valence-electron chi connectivity index (χ2n) is 9.54. The first-order chi connectivity index (χ1) is 18.7. The van der Waals surface area contributed by atoms with Crippen LogP contribution < -0.4 is 16.0 Å². The number of carbonyl (C=O) groups is 2. The standard InChI is InChI=1S/C26H32FN5O.C2HF3O2/c1-17(2)11-23(25(33)28-15-21-9-6-10-22(27)14-21)31-24-13-19(4)30-26(32-24)29-16-20-8-5-7-18(3)12-20;3-2(4,5)1(6)7/h5-10,12-14,17,23H,11,15-16H2,1-4H3,(H,28,33)(H2,29,30,31,32);(H,6,7)/t23-;/m0./s1. The van der Waals surface area contributed by atoms with E-state index in [1.165, 1.54) is 17.7 Å². The number of amides is 1. The normalized spacial score (nSPS) is 11.7. The summed E-state index contributed by atoms with van der Waals surface area (Å²) in [5.41, 5.74) is 3.85. The molecule has 40 heavy (non-hydrogen) atoms. The fourth-order valence-corrected chi connectivity index (χ4v) is 3.57. The highest BCUT2D eigenvalue weighted by atomic mass is 19.4. The summed E-state index contributed by atoms with van der Waals surface area (Å²) < 4.78 is 45.2. The van der Waals surface area contributed by atoms with Crippen LogP contribution in [0.15, 0.2) is 54.6 Å². The second kappa shape index (κ2) is 14.8. The Hall–Kier alpha value is -4.22. The molecule has 8 nitrogen and oxygen atoms in total. The van der Waals surface area contributed by atoms with Crippen molar-refractivity contribution in [2.45, 2.75) is 59.4 Å². The van der Waals surface area contributed by atoms with E-state index in [0.29, 0.717) is 36.2 Å². The maximum atomic E-state index is 13.4. The highest BCUT2D eigenvalue weighted by Crippen LogP contribution is 2.16. The minimum Gasteiger partial charge on any atom is -0.475 e. The van der Waals surface area contributed by atoms with Crippen molar-refractivity contribution in [2.24, 2.45) is 5.92 Å². The van der Waals surface area contributed by atoms with Crippen LogP contribution in [0.3, 0.4) is 0 Å². The largest absolute Gasteiger partial charge is 0.490 e. The van der Waals surface area contributed by atoms with E-state index in [1.807, 2.05) is 19.1 Å². The van der Waals surface area contributed by atoms with Crippen LogP contribution in [-0.4, -0.2) is 39.2 Å². The van der Waals surface area contributed by atoms with Crippen LogP contribution in [0.2, 0.25) is 0 Å². The van der Waals surface area contributed by atoms with E-state index in [1.54, 1.807) is 12.1 Å². The quantitative estimate of drug-likeness (QED) is 0.237. The summed E-state index contributed by atoms with van der Waals surface area (Å²) in [4.78, 5) is 30.9. The topological polar surface area (TPSA) is 116 Å². The van der Waals surface area contributed by atoms with Gasteiger partial charge >= 0.3 is 12.1 Å². The van der Waals surface area contributed by atoms with E-state index in [0.717, 1.165) is 11.3 Å². The molecule has 3 rings (SSSR count). The molecular weight excluding hydrogens is 530 g/mol. The molecule has 12 heteroatoms. The molecule has 0 aliphatic carbocycles. The molecule has 0 saturated carbocycles. The highest BCUT2D eigenvalue weighted by Gasteiger charge is 2.38. The van der Waals surface area contributed by atoms with E-state index in [-0.39, 0.29) is 18.3 Å². The third kappa shape index (κ3) is 11.7. The first-order valence-corrected chi connectivity index (χ1v) is 12.5. The molecular formula is C28H33F4N5O3. The van der Waals surface area contributed by atoms with Crippen molar-refractivity contribution in [1.82, 2.24) is 15.3 Å². The summed E-state index contributed by atoms with van der Waals surface area (Å²) in [6.07, 6.45) is -4.45. The zero-order chi connectivity index (χ0) is 29.9. The monoisotopic (exact) mass is 563 g/mol. The molecule has 0 spiro atoms. The molecule has 0 aliphatic rings. The maximum Gasteiger partial charge on any atom is 0.490 e. The van der Waals surface area contributed by atoms with Gasteiger partial charge in [-0.05, 0) is 49.4 Å². The number of halogens is 4. The number of rotatable bonds is 10. The molecule has 1 aromatic heterocycles. The van der Waals surface area contributed by atoms with E-state index in [2.05, 4.69) is 64.9 Å². The number of carboxylic acids is 1. The Bertz CT molecular complexity index is 1280. The predicted molar refractivity (Wildman–Crippen MR) is 144 cm³/mol. The number of benzene rings is 2. The molecule has 216 valence electrons. The summed E-state index contributed by atoms with van der Waals surface area (Å²) >= 11 is 0. The lowest BCUT2D eigenvalue weighted by atomic mass is 10.0. The fourth-order valence-electron chi connectivity index (χ4n) is 3.57. The molecule has 0 aliphatic heterocycles. The van der Waals surface area contributed by atoms with Gasteiger partial charge in [0.25, 0.3) is 0 Å². The van der Waals surface area contributed by atoms with E-state index in [4.69, 9.17) is 9.90 Å². The van der Waals surface area contributed by atoms with Crippen molar-refractivity contribution in [3.63, 3.8) is 0 Å². The summed E-state index contributed by atoms with van der Waals surface area (Å²) in [6.45, 7) is 8.95. The van der Waals surface area contributed by atoms with Crippen LogP contribution in [-0.2, 0) is 22.7 Å². The van der Waals surface area contributed by atoms with Gasteiger partial charge in [-0.25, -0.2) is 14.2 Å². The number of nitrogens with zero attached hydrogens (tertiary/aromatic N) is 2. The van der Waals surface area contributed by atoms with Crippen molar-refractivity contribution in [2.75, 3.05) is 10.6 Å². The first kappa shape index (κ1) is 32.0. The smallest absolute Gasteiger partial charge is 0.475 e. The Balaban J connectivity index is 0.000000708. The van der Waals surface area contributed by atoms with Crippen LogP contribution in [0.25, 0.3) is 0 Å². The number of aromatic nitrogens is 2. The van der Waals surface area contributed by atoms with Gasteiger partial charge in [0.15, 0.2) is 0 Å². The number of hydrogen-bond acceptors (Lipinski definition) is 6. The molecule has 4 N–H and O–H groups in total. The number of carbonyl (C=O) groups excluding carboxylic acids is 1. The molecule has 0 bridgehead atoms. The number of aryl methyl sites for hydroxylation is 2. The average molecular weight is 564 g/mol. The van der Waals surface area contributed by atoms with Gasteiger partial charge in [0.05, 0.1) is 0 Å². The third-order valence-corrected chi connectivity index (χ3v) is 5.33. The lowest BCUT2D eigenvalue weighted by Crippen LogP contribution is -2.40. The molecule has 0 radical (unpaired) electrons. The molecule has 1 atom stereocenters. The van der Waals surface area contributed by atoms with Gasteiger partial charge in [-0.15, -0.1) is 0 Å². The Kier molecular flexibility index (Phi) is 11.8. The van der Waals surface area contributed by atoms with Crippen LogP contribution in [0.4, 0.5) is 29.3 Å². The van der Waals surface area contributed by atoms with E-state index in [9.17, 15) is 22.4 Å². The van der Waals surface area contributed by atoms with Gasteiger partial charge in [0.1, 0.15) is 17.7 Å². The van der Waals surface area contributed by atoms with E-state index >= 15 is 0 Å². The van der Waals surface area contributed by atoms with Crippen molar-refractivity contribution >= 4 is 23.6 Å². The van der Waals surface area contributed by atoms with Gasteiger partial charge in [0.2, 0.25) is 11.9 Å². The predicted octanol–water partition coefficient (Wildman–Crippen LogP) is 5.62. The highest BCUT2D eigenvalue weighted by molar-refractivity contribution is 5.84. The van der Waals surface area contributed by atoms with Crippen molar-refractivity contribution < 1.29 is 32.3 Å². The lowest BCUT2D eigenvalue weighted by Gasteiger charge is -2.21.